The third kappa shape index (κ3) is 4.56. The van der Waals surface area contributed by atoms with Crippen LogP contribution >= 0.6 is 11.8 Å². The van der Waals surface area contributed by atoms with Crippen LogP contribution in [0.5, 0.6) is 0 Å². The molecule has 0 aliphatic heterocycles. The number of para-hydroxylation sites is 1. The number of carbonyl (C=O) groups excluding carboxylic acids is 1. The SMILES string of the molecule is CCCn1c(SCC(=O)Nc2ccccc2C)nc2c(c1=O)C1(CCCCC1)Cc1ccccc1-2. The van der Waals surface area contributed by atoms with E-state index in [0.29, 0.717) is 11.7 Å². The summed E-state index contributed by atoms with van der Waals surface area (Å²) >= 11 is 1.36. The van der Waals surface area contributed by atoms with Gasteiger partial charge in [-0.25, -0.2) is 4.98 Å². The van der Waals surface area contributed by atoms with Crippen LogP contribution in [0.3, 0.4) is 0 Å². The first-order valence-corrected chi connectivity index (χ1v) is 13.7. The zero-order valence-electron chi connectivity index (χ0n) is 20.6. The molecule has 1 amide bonds. The van der Waals surface area contributed by atoms with E-state index in [4.69, 9.17) is 4.98 Å². The molecule has 0 unspecified atom stereocenters. The van der Waals surface area contributed by atoms with E-state index in [1.54, 1.807) is 0 Å². The van der Waals surface area contributed by atoms with Crippen molar-refractivity contribution >= 4 is 23.4 Å². The van der Waals surface area contributed by atoms with E-state index >= 15 is 0 Å². The molecule has 0 saturated heterocycles. The quantitative estimate of drug-likeness (QED) is 0.336. The van der Waals surface area contributed by atoms with Crippen LogP contribution in [-0.4, -0.2) is 21.2 Å². The fraction of sp³-hybridized carbons (Fsp3) is 0.414. The van der Waals surface area contributed by atoms with Crippen LogP contribution in [0.15, 0.2) is 58.5 Å². The molecule has 182 valence electrons. The smallest absolute Gasteiger partial charge is 0.258 e. The number of hydrogen-bond donors (Lipinski definition) is 1. The number of hydrogen-bond acceptors (Lipinski definition) is 4. The minimum atomic E-state index is -0.118. The van der Waals surface area contributed by atoms with Gasteiger partial charge < -0.3 is 5.32 Å². The summed E-state index contributed by atoms with van der Waals surface area (Å²) in [4.78, 5) is 32.0. The molecule has 1 heterocycles. The minimum Gasteiger partial charge on any atom is -0.325 e. The topological polar surface area (TPSA) is 64.0 Å². The minimum absolute atomic E-state index is 0.0927. The second-order valence-corrected chi connectivity index (χ2v) is 10.8. The molecule has 1 aromatic heterocycles. The molecule has 2 aromatic carbocycles. The summed E-state index contributed by atoms with van der Waals surface area (Å²) in [6.07, 6.45) is 7.40. The van der Waals surface area contributed by atoms with Crippen LogP contribution in [0.4, 0.5) is 5.69 Å². The average molecular weight is 488 g/mol. The number of carbonyl (C=O) groups is 1. The lowest BCUT2D eigenvalue weighted by Gasteiger charge is -2.42. The lowest BCUT2D eigenvalue weighted by atomic mass is 9.62. The molecule has 2 aliphatic carbocycles. The first-order chi connectivity index (χ1) is 17.0. The van der Waals surface area contributed by atoms with Crippen molar-refractivity contribution in [3.8, 4) is 11.3 Å². The monoisotopic (exact) mass is 487 g/mol. The fourth-order valence-corrected chi connectivity index (χ4v) is 6.60. The summed E-state index contributed by atoms with van der Waals surface area (Å²) in [5, 5.41) is 3.63. The van der Waals surface area contributed by atoms with Crippen molar-refractivity contribution in [1.82, 2.24) is 9.55 Å². The molecule has 3 aromatic rings. The third-order valence-corrected chi connectivity index (χ3v) is 8.45. The molecular weight excluding hydrogens is 454 g/mol. The lowest BCUT2D eigenvalue weighted by Crippen LogP contribution is -2.43. The highest BCUT2D eigenvalue weighted by Gasteiger charge is 2.43. The van der Waals surface area contributed by atoms with E-state index in [1.165, 1.54) is 23.7 Å². The summed E-state index contributed by atoms with van der Waals surface area (Å²) in [5.74, 6) is 0.110. The van der Waals surface area contributed by atoms with Crippen molar-refractivity contribution in [2.45, 2.75) is 75.9 Å². The van der Waals surface area contributed by atoms with Crippen molar-refractivity contribution in [2.75, 3.05) is 11.1 Å². The molecule has 2 aliphatic rings. The van der Waals surface area contributed by atoms with Crippen molar-refractivity contribution in [1.29, 1.82) is 0 Å². The van der Waals surface area contributed by atoms with Gasteiger partial charge in [0.05, 0.1) is 17.0 Å². The Bertz CT molecular complexity index is 1310. The summed E-state index contributed by atoms with van der Waals surface area (Å²) in [6.45, 7) is 4.67. The number of nitrogens with zero attached hydrogens (tertiary/aromatic N) is 2. The second kappa shape index (κ2) is 10.0. The molecule has 1 fully saturated rings. The van der Waals surface area contributed by atoms with Crippen molar-refractivity contribution in [2.24, 2.45) is 0 Å². The van der Waals surface area contributed by atoms with Gasteiger partial charge in [0.2, 0.25) is 5.91 Å². The number of aryl methyl sites for hydroxylation is 1. The standard InChI is InChI=1S/C29H33N3O2S/c1-3-17-32-27(34)25-26(22-13-7-6-12-21(22)18-29(25)15-9-4-10-16-29)31-28(32)35-19-24(33)30-23-14-8-5-11-20(23)2/h5-8,11-14H,3-4,9-10,15-19H2,1-2H3,(H,30,33). The maximum atomic E-state index is 14.1. The van der Waals surface area contributed by atoms with Crippen molar-refractivity contribution < 1.29 is 4.79 Å². The van der Waals surface area contributed by atoms with Crippen LogP contribution < -0.4 is 10.9 Å². The first kappa shape index (κ1) is 23.9. The number of nitrogens with one attached hydrogen (secondary N) is 1. The highest BCUT2D eigenvalue weighted by molar-refractivity contribution is 7.99. The number of anilines is 1. The zero-order chi connectivity index (χ0) is 24.4. The molecule has 35 heavy (non-hydrogen) atoms. The van der Waals surface area contributed by atoms with E-state index in [0.717, 1.165) is 66.6 Å². The maximum Gasteiger partial charge on any atom is 0.258 e. The lowest BCUT2D eigenvalue weighted by molar-refractivity contribution is -0.113. The van der Waals surface area contributed by atoms with E-state index in [9.17, 15) is 9.59 Å². The predicted octanol–water partition coefficient (Wildman–Crippen LogP) is 6.12. The Kier molecular flexibility index (Phi) is 6.83. The molecule has 5 nitrogen and oxygen atoms in total. The van der Waals surface area contributed by atoms with Crippen LogP contribution in [-0.2, 0) is 23.2 Å². The Hall–Kier alpha value is -2.86. The molecule has 6 heteroatoms. The highest BCUT2D eigenvalue weighted by atomic mass is 32.2. The van der Waals surface area contributed by atoms with Gasteiger partial charge in [-0.15, -0.1) is 0 Å². The number of thioether (sulfide) groups is 1. The van der Waals surface area contributed by atoms with Crippen molar-refractivity contribution in [3.05, 3.63) is 75.6 Å². The predicted molar refractivity (Wildman–Crippen MR) is 143 cm³/mol. The van der Waals surface area contributed by atoms with Crippen molar-refractivity contribution in [3.63, 3.8) is 0 Å². The molecular formula is C29H33N3O2S. The van der Waals surface area contributed by atoms with Gasteiger partial charge in [0.1, 0.15) is 0 Å². The molecule has 1 spiro atoms. The maximum absolute atomic E-state index is 14.1. The Morgan fingerprint density at radius 3 is 2.60 bits per heavy atom. The van der Waals surface area contributed by atoms with Gasteiger partial charge in [-0.05, 0) is 49.8 Å². The number of amides is 1. The summed E-state index contributed by atoms with van der Waals surface area (Å²) < 4.78 is 1.83. The van der Waals surface area contributed by atoms with Crippen LogP contribution in [0.25, 0.3) is 11.3 Å². The summed E-state index contributed by atoms with van der Waals surface area (Å²) in [7, 11) is 0. The third-order valence-electron chi connectivity index (χ3n) is 7.48. The van der Waals surface area contributed by atoms with E-state index in [2.05, 4.69) is 30.4 Å². The van der Waals surface area contributed by atoms with Gasteiger partial charge in [-0.3, -0.25) is 14.2 Å². The van der Waals surface area contributed by atoms with Gasteiger partial charge in [0, 0.05) is 23.2 Å². The normalized spacial score (nSPS) is 15.9. The summed E-state index contributed by atoms with van der Waals surface area (Å²) in [6, 6.07) is 16.2. The number of aromatic nitrogens is 2. The number of fused-ring (bicyclic) bond motifs is 4. The van der Waals surface area contributed by atoms with E-state index in [-0.39, 0.29) is 22.6 Å². The van der Waals surface area contributed by atoms with Crippen LogP contribution in [0, 0.1) is 6.92 Å². The van der Waals surface area contributed by atoms with Crippen LogP contribution in [0.1, 0.15) is 62.1 Å². The summed E-state index contributed by atoms with van der Waals surface area (Å²) in [5.41, 5.74) is 5.93. The molecule has 0 bridgehead atoms. The van der Waals surface area contributed by atoms with Gasteiger partial charge >= 0.3 is 0 Å². The Balaban J connectivity index is 1.53. The molecule has 1 N–H and O–H groups in total. The molecule has 0 radical (unpaired) electrons. The number of benzene rings is 2. The fourth-order valence-electron chi connectivity index (χ4n) is 5.78. The molecule has 1 saturated carbocycles. The molecule has 0 atom stereocenters. The second-order valence-electron chi connectivity index (χ2n) is 9.90. The van der Waals surface area contributed by atoms with Gasteiger partial charge in [0.15, 0.2) is 5.16 Å². The van der Waals surface area contributed by atoms with Crippen LogP contribution in [0.2, 0.25) is 0 Å². The Morgan fingerprint density at radius 2 is 1.83 bits per heavy atom. The number of rotatable bonds is 6. The van der Waals surface area contributed by atoms with Gasteiger partial charge in [-0.1, -0.05) is 80.4 Å². The zero-order valence-corrected chi connectivity index (χ0v) is 21.4. The van der Waals surface area contributed by atoms with E-state index in [1.807, 2.05) is 41.8 Å². The van der Waals surface area contributed by atoms with Gasteiger partial charge in [0.25, 0.3) is 5.56 Å². The Labute approximate surface area is 211 Å². The Morgan fingerprint density at radius 1 is 1.09 bits per heavy atom. The first-order valence-electron chi connectivity index (χ1n) is 12.7. The van der Waals surface area contributed by atoms with Gasteiger partial charge in [-0.2, -0.15) is 0 Å². The highest BCUT2D eigenvalue weighted by Crippen LogP contribution is 2.48. The van der Waals surface area contributed by atoms with E-state index < -0.39 is 0 Å². The largest absolute Gasteiger partial charge is 0.325 e. The average Bonchev–Trinajstić information content (AvgIpc) is 2.86. The molecule has 5 rings (SSSR count).